The van der Waals surface area contributed by atoms with E-state index in [-0.39, 0.29) is 24.0 Å². The molecule has 4 rings (SSSR count). The largest absolute Gasteiger partial charge is 0.508 e. The number of anilines is 2. The summed E-state index contributed by atoms with van der Waals surface area (Å²) in [5.41, 5.74) is 5.75. The van der Waals surface area contributed by atoms with Crippen LogP contribution in [0, 0.1) is 0 Å². The topological polar surface area (TPSA) is 89.9 Å². The molecule has 0 fully saturated rings. The zero-order valence-electron chi connectivity index (χ0n) is 16.0. The number of nitrogens with one attached hydrogen (secondary N) is 1. The molecule has 2 aromatic rings. The third-order valence-electron chi connectivity index (χ3n) is 5.29. The van der Waals surface area contributed by atoms with Crippen LogP contribution in [0.1, 0.15) is 48.8 Å². The number of hydrogen-bond donors (Lipinski definition) is 3. The molecule has 2 heterocycles. The zero-order valence-corrected chi connectivity index (χ0v) is 16.0. The zero-order chi connectivity index (χ0) is 20.1. The number of amides is 1. The Morgan fingerprint density at radius 2 is 2.04 bits per heavy atom. The molecule has 6 heteroatoms. The molecule has 28 heavy (non-hydrogen) atoms. The van der Waals surface area contributed by atoms with E-state index < -0.39 is 0 Å². The summed E-state index contributed by atoms with van der Waals surface area (Å²) in [6.07, 6.45) is 3.90. The summed E-state index contributed by atoms with van der Waals surface area (Å²) in [6, 6.07) is 12.0. The fourth-order valence-corrected chi connectivity index (χ4v) is 4.16. The third kappa shape index (κ3) is 4.11. The SMILES string of the molecule is CCCN1CCCc2cc(C3CC(=O)Nc4cc(O)ccc43)ccc21.O=CO. The first-order valence-electron chi connectivity index (χ1n) is 9.65. The van der Waals surface area contributed by atoms with Gasteiger partial charge in [-0.3, -0.25) is 9.59 Å². The Bertz CT molecular complexity index is 866. The van der Waals surface area contributed by atoms with E-state index in [0.29, 0.717) is 6.42 Å². The second-order valence-electron chi connectivity index (χ2n) is 7.16. The highest BCUT2D eigenvalue weighted by Crippen LogP contribution is 2.40. The molecule has 1 atom stereocenters. The smallest absolute Gasteiger partial charge is 0.290 e. The molecule has 2 aliphatic heterocycles. The van der Waals surface area contributed by atoms with Crippen molar-refractivity contribution in [3.8, 4) is 5.75 Å². The Morgan fingerprint density at radius 1 is 1.25 bits per heavy atom. The van der Waals surface area contributed by atoms with Gasteiger partial charge in [0.25, 0.3) is 6.47 Å². The number of rotatable bonds is 3. The lowest BCUT2D eigenvalue weighted by Gasteiger charge is -2.33. The maximum absolute atomic E-state index is 12.1. The molecular weight excluding hydrogens is 356 g/mol. The molecule has 2 aliphatic rings. The van der Waals surface area contributed by atoms with Crippen LogP contribution in [0.4, 0.5) is 11.4 Å². The number of aryl methyl sites for hydroxylation is 1. The molecule has 1 amide bonds. The lowest BCUT2D eigenvalue weighted by molar-refractivity contribution is -0.123. The molecule has 3 N–H and O–H groups in total. The summed E-state index contributed by atoms with van der Waals surface area (Å²) in [7, 11) is 0. The van der Waals surface area contributed by atoms with Crippen molar-refractivity contribution in [1.82, 2.24) is 0 Å². The fraction of sp³-hybridized carbons (Fsp3) is 0.364. The number of carbonyl (C=O) groups is 2. The number of fused-ring (bicyclic) bond motifs is 2. The van der Waals surface area contributed by atoms with Crippen molar-refractivity contribution in [3.05, 3.63) is 53.1 Å². The maximum Gasteiger partial charge on any atom is 0.290 e. The van der Waals surface area contributed by atoms with E-state index in [9.17, 15) is 9.90 Å². The summed E-state index contributed by atoms with van der Waals surface area (Å²) in [4.78, 5) is 23.0. The van der Waals surface area contributed by atoms with Crippen molar-refractivity contribution in [2.75, 3.05) is 23.3 Å². The van der Waals surface area contributed by atoms with Gasteiger partial charge in [0, 0.05) is 42.9 Å². The summed E-state index contributed by atoms with van der Waals surface area (Å²) in [5.74, 6) is 0.241. The van der Waals surface area contributed by atoms with Crippen LogP contribution in [0.3, 0.4) is 0 Å². The lowest BCUT2D eigenvalue weighted by Crippen LogP contribution is -2.30. The molecule has 0 radical (unpaired) electrons. The van der Waals surface area contributed by atoms with E-state index in [1.807, 2.05) is 6.07 Å². The van der Waals surface area contributed by atoms with Crippen LogP contribution in [-0.2, 0) is 16.0 Å². The highest BCUT2D eigenvalue weighted by molar-refractivity contribution is 5.95. The minimum Gasteiger partial charge on any atom is -0.508 e. The van der Waals surface area contributed by atoms with Crippen LogP contribution >= 0.6 is 0 Å². The van der Waals surface area contributed by atoms with Gasteiger partial charge in [0.2, 0.25) is 5.91 Å². The molecule has 1 unspecified atom stereocenters. The predicted molar refractivity (Wildman–Crippen MR) is 109 cm³/mol. The van der Waals surface area contributed by atoms with E-state index >= 15 is 0 Å². The average molecular weight is 382 g/mol. The van der Waals surface area contributed by atoms with Gasteiger partial charge in [0.15, 0.2) is 0 Å². The molecule has 0 aromatic heterocycles. The van der Waals surface area contributed by atoms with Crippen LogP contribution in [0.5, 0.6) is 5.75 Å². The van der Waals surface area contributed by atoms with Crippen molar-refractivity contribution in [2.24, 2.45) is 0 Å². The second kappa shape index (κ2) is 8.78. The van der Waals surface area contributed by atoms with E-state index in [4.69, 9.17) is 9.90 Å². The summed E-state index contributed by atoms with van der Waals surface area (Å²) in [6.45, 7) is 4.20. The minimum absolute atomic E-state index is 0.00781. The van der Waals surface area contributed by atoms with Gasteiger partial charge in [-0.05, 0) is 48.1 Å². The number of carboxylic acid groups (broad SMARTS) is 1. The Labute approximate surface area is 164 Å². The summed E-state index contributed by atoms with van der Waals surface area (Å²) in [5, 5.41) is 19.5. The molecule has 6 nitrogen and oxygen atoms in total. The minimum atomic E-state index is -0.250. The second-order valence-corrected chi connectivity index (χ2v) is 7.16. The molecule has 0 aliphatic carbocycles. The molecule has 148 valence electrons. The molecule has 0 bridgehead atoms. The van der Waals surface area contributed by atoms with E-state index in [0.717, 1.165) is 37.2 Å². The van der Waals surface area contributed by atoms with Gasteiger partial charge >= 0.3 is 0 Å². The number of phenolic OH excluding ortho intramolecular Hbond substituents is 1. The number of phenols is 1. The monoisotopic (exact) mass is 382 g/mol. The van der Waals surface area contributed by atoms with Gasteiger partial charge in [0.1, 0.15) is 5.75 Å². The Balaban J connectivity index is 0.000000706. The number of nitrogens with zero attached hydrogens (tertiary/aromatic N) is 1. The van der Waals surface area contributed by atoms with Gasteiger partial charge < -0.3 is 20.4 Å². The standard InChI is InChI=1S/C21H24N2O2.CH2O2/c1-2-9-23-10-3-4-15-11-14(5-8-20(15)23)18-13-21(25)22-19-12-16(24)6-7-17(18)19;2-1-3/h5-8,11-12,18,24H,2-4,9-10,13H2,1H3,(H,22,25);1H,(H,2,3). The molecule has 0 saturated heterocycles. The van der Waals surface area contributed by atoms with Crippen molar-refractivity contribution < 1.29 is 19.8 Å². The van der Waals surface area contributed by atoms with E-state index in [2.05, 4.69) is 35.3 Å². The van der Waals surface area contributed by atoms with Crippen molar-refractivity contribution in [3.63, 3.8) is 0 Å². The van der Waals surface area contributed by atoms with Crippen molar-refractivity contribution in [2.45, 2.75) is 38.5 Å². The summed E-state index contributed by atoms with van der Waals surface area (Å²) >= 11 is 0. The van der Waals surface area contributed by atoms with Gasteiger partial charge in [-0.2, -0.15) is 0 Å². The van der Waals surface area contributed by atoms with Crippen LogP contribution in [-0.4, -0.2) is 35.7 Å². The number of aromatic hydroxyl groups is 1. The van der Waals surface area contributed by atoms with Crippen LogP contribution in [0.2, 0.25) is 0 Å². The predicted octanol–water partition coefficient (Wildman–Crippen LogP) is 3.73. The lowest BCUT2D eigenvalue weighted by atomic mass is 9.83. The average Bonchev–Trinajstić information content (AvgIpc) is 2.67. The normalized spacial score (nSPS) is 17.5. The van der Waals surface area contributed by atoms with Gasteiger partial charge in [0.05, 0.1) is 0 Å². The Kier molecular flexibility index (Phi) is 6.19. The third-order valence-corrected chi connectivity index (χ3v) is 5.29. The molecular formula is C22H26N2O4. The molecule has 0 spiro atoms. The van der Waals surface area contributed by atoms with Gasteiger partial charge in [-0.1, -0.05) is 25.1 Å². The van der Waals surface area contributed by atoms with E-state index in [1.54, 1.807) is 12.1 Å². The molecule has 2 aromatic carbocycles. The van der Waals surface area contributed by atoms with Crippen LogP contribution in [0.15, 0.2) is 36.4 Å². The number of benzene rings is 2. The van der Waals surface area contributed by atoms with E-state index in [1.165, 1.54) is 23.2 Å². The van der Waals surface area contributed by atoms with Crippen LogP contribution in [0.25, 0.3) is 0 Å². The van der Waals surface area contributed by atoms with Crippen molar-refractivity contribution in [1.29, 1.82) is 0 Å². The first kappa shape index (κ1) is 19.7. The first-order chi connectivity index (χ1) is 13.6. The quantitative estimate of drug-likeness (QED) is 0.704. The Hall–Kier alpha value is -3.02. The number of carbonyl (C=O) groups excluding carboxylic acids is 1. The Morgan fingerprint density at radius 3 is 2.79 bits per heavy atom. The van der Waals surface area contributed by atoms with Gasteiger partial charge in [-0.15, -0.1) is 0 Å². The first-order valence-corrected chi connectivity index (χ1v) is 9.65. The highest BCUT2D eigenvalue weighted by Gasteiger charge is 2.28. The molecule has 0 saturated carbocycles. The number of hydrogen-bond acceptors (Lipinski definition) is 4. The van der Waals surface area contributed by atoms with Crippen LogP contribution < -0.4 is 10.2 Å². The highest BCUT2D eigenvalue weighted by atomic mass is 16.3. The van der Waals surface area contributed by atoms with Crippen molar-refractivity contribution >= 4 is 23.8 Å². The fourth-order valence-electron chi connectivity index (χ4n) is 4.16. The maximum atomic E-state index is 12.1. The van der Waals surface area contributed by atoms with Gasteiger partial charge in [-0.25, -0.2) is 0 Å². The summed E-state index contributed by atoms with van der Waals surface area (Å²) < 4.78 is 0.